The highest BCUT2D eigenvalue weighted by Crippen LogP contribution is 2.35. The molecule has 25 heavy (non-hydrogen) atoms. The van der Waals surface area contributed by atoms with E-state index in [0.29, 0.717) is 29.4 Å². The summed E-state index contributed by atoms with van der Waals surface area (Å²) >= 11 is 6.17. The van der Waals surface area contributed by atoms with Crippen molar-refractivity contribution in [3.05, 3.63) is 58.1 Å². The van der Waals surface area contributed by atoms with Crippen LogP contribution in [0.1, 0.15) is 34.3 Å². The minimum Gasteiger partial charge on any atom is -0.494 e. The molecule has 0 fully saturated rings. The Bertz CT molecular complexity index is 832. The topological polar surface area (TPSA) is 46.6 Å². The van der Waals surface area contributed by atoms with Crippen LogP contribution in [-0.4, -0.2) is 24.8 Å². The largest absolute Gasteiger partial charge is 0.494 e. The molecule has 0 radical (unpaired) electrons. The lowest BCUT2D eigenvalue weighted by Gasteiger charge is -2.17. The van der Waals surface area contributed by atoms with Crippen LogP contribution in [0.5, 0.6) is 5.75 Å². The van der Waals surface area contributed by atoms with E-state index in [1.165, 1.54) is 16.0 Å². The number of amides is 1. The first kappa shape index (κ1) is 17.5. The highest BCUT2D eigenvalue weighted by atomic mass is 35.5. The van der Waals surface area contributed by atoms with Crippen molar-refractivity contribution in [2.24, 2.45) is 0 Å². The highest BCUT2D eigenvalue weighted by molar-refractivity contribution is 6.54. The first-order valence-electron chi connectivity index (χ1n) is 8.34. The van der Waals surface area contributed by atoms with E-state index in [-0.39, 0.29) is 0 Å². The quantitative estimate of drug-likeness (QED) is 0.570. The number of ether oxygens (including phenoxy) is 1. The molecule has 0 aromatic heterocycles. The molecular formula is C20H20ClNO3. The molecule has 1 heterocycles. The molecule has 0 N–H and O–H groups in total. The van der Waals surface area contributed by atoms with Gasteiger partial charge in [0.2, 0.25) is 0 Å². The zero-order valence-corrected chi connectivity index (χ0v) is 15.1. The van der Waals surface area contributed by atoms with E-state index in [0.717, 1.165) is 18.6 Å². The van der Waals surface area contributed by atoms with Crippen molar-refractivity contribution in [3.8, 4) is 5.75 Å². The smallest absolute Gasteiger partial charge is 0.299 e. The van der Waals surface area contributed by atoms with E-state index >= 15 is 0 Å². The molecule has 5 heteroatoms. The first-order valence-corrected chi connectivity index (χ1v) is 8.71. The molecule has 0 aliphatic carbocycles. The minimum atomic E-state index is -0.502. The Kier molecular flexibility index (Phi) is 5.09. The summed E-state index contributed by atoms with van der Waals surface area (Å²) in [6, 6.07) is 11.0. The van der Waals surface area contributed by atoms with Crippen LogP contribution in [0, 0.1) is 13.8 Å². The van der Waals surface area contributed by atoms with Gasteiger partial charge in [0.15, 0.2) is 0 Å². The van der Waals surface area contributed by atoms with Gasteiger partial charge in [0.25, 0.3) is 11.7 Å². The number of benzene rings is 2. The predicted molar refractivity (Wildman–Crippen MR) is 98.8 cm³/mol. The van der Waals surface area contributed by atoms with Gasteiger partial charge in [-0.15, -0.1) is 0 Å². The van der Waals surface area contributed by atoms with Crippen LogP contribution < -0.4 is 9.64 Å². The molecular weight excluding hydrogens is 338 g/mol. The average molecular weight is 358 g/mol. The van der Waals surface area contributed by atoms with Gasteiger partial charge in [0.05, 0.1) is 22.9 Å². The summed E-state index contributed by atoms with van der Waals surface area (Å²) in [6.45, 7) is 5.14. The summed E-state index contributed by atoms with van der Waals surface area (Å²) < 4.78 is 5.75. The number of carbonyl (C=O) groups is 2. The number of Topliss-reactive ketones (excluding diaryl/α,β-unsaturated/α-hetero) is 1. The minimum absolute atomic E-state index is 0.392. The van der Waals surface area contributed by atoms with Gasteiger partial charge in [-0.25, -0.2) is 0 Å². The van der Waals surface area contributed by atoms with E-state index in [2.05, 4.69) is 13.8 Å². The molecule has 1 aliphatic rings. The number of hydrogen-bond acceptors (Lipinski definition) is 3. The van der Waals surface area contributed by atoms with Crippen molar-refractivity contribution in [2.45, 2.75) is 26.7 Å². The van der Waals surface area contributed by atoms with Crippen LogP contribution in [0.4, 0.5) is 5.69 Å². The lowest BCUT2D eigenvalue weighted by molar-refractivity contribution is -0.114. The fraction of sp³-hybridized carbons (Fsp3) is 0.300. The number of rotatable bonds is 6. The van der Waals surface area contributed by atoms with Gasteiger partial charge < -0.3 is 9.64 Å². The van der Waals surface area contributed by atoms with E-state index in [1.54, 1.807) is 18.2 Å². The fourth-order valence-electron chi connectivity index (χ4n) is 2.89. The molecule has 0 bridgehead atoms. The molecule has 0 spiro atoms. The molecule has 1 amide bonds. The maximum atomic E-state index is 12.2. The molecule has 2 aromatic carbocycles. The Balaban J connectivity index is 1.54. The third kappa shape index (κ3) is 3.54. The van der Waals surface area contributed by atoms with Crippen molar-refractivity contribution >= 4 is 29.0 Å². The van der Waals surface area contributed by atoms with Crippen LogP contribution >= 0.6 is 11.6 Å². The second-order valence-electron chi connectivity index (χ2n) is 6.22. The molecule has 2 aromatic rings. The van der Waals surface area contributed by atoms with E-state index < -0.39 is 11.7 Å². The molecule has 0 atom stereocenters. The summed E-state index contributed by atoms with van der Waals surface area (Å²) in [5, 5.41) is 0.433. The number of halogens is 1. The molecule has 4 nitrogen and oxygen atoms in total. The third-order valence-electron chi connectivity index (χ3n) is 4.46. The molecule has 130 valence electrons. The number of anilines is 1. The summed E-state index contributed by atoms with van der Waals surface area (Å²) in [5.74, 6) is -0.133. The van der Waals surface area contributed by atoms with Crippen LogP contribution in [0.2, 0.25) is 5.02 Å². The van der Waals surface area contributed by atoms with Crippen LogP contribution in [0.25, 0.3) is 0 Å². The van der Waals surface area contributed by atoms with Crippen LogP contribution in [0.3, 0.4) is 0 Å². The number of para-hydroxylation sites is 1. The monoisotopic (exact) mass is 357 g/mol. The lowest BCUT2D eigenvalue weighted by atomic mass is 10.1. The predicted octanol–water partition coefficient (Wildman–Crippen LogP) is 4.35. The fourth-order valence-corrected chi connectivity index (χ4v) is 3.17. The molecule has 0 saturated carbocycles. The van der Waals surface area contributed by atoms with Crippen LogP contribution in [-0.2, 0) is 4.79 Å². The molecule has 0 saturated heterocycles. The van der Waals surface area contributed by atoms with Crippen molar-refractivity contribution in [1.29, 1.82) is 0 Å². The Labute approximate surface area is 152 Å². The molecule has 1 aliphatic heterocycles. The number of nitrogens with zero attached hydrogens (tertiary/aromatic N) is 1. The van der Waals surface area contributed by atoms with Crippen molar-refractivity contribution in [3.63, 3.8) is 0 Å². The second-order valence-corrected chi connectivity index (χ2v) is 6.63. The Morgan fingerprint density at radius 1 is 1.04 bits per heavy atom. The maximum absolute atomic E-state index is 12.2. The van der Waals surface area contributed by atoms with Crippen molar-refractivity contribution < 1.29 is 14.3 Å². The molecule has 0 unspecified atom stereocenters. The van der Waals surface area contributed by atoms with Crippen molar-refractivity contribution in [1.82, 2.24) is 0 Å². The highest BCUT2D eigenvalue weighted by Gasteiger charge is 2.36. The lowest BCUT2D eigenvalue weighted by Crippen LogP contribution is -2.31. The van der Waals surface area contributed by atoms with Gasteiger partial charge in [0, 0.05) is 6.54 Å². The number of hydrogen-bond donors (Lipinski definition) is 0. The zero-order valence-electron chi connectivity index (χ0n) is 14.3. The Morgan fingerprint density at radius 2 is 1.84 bits per heavy atom. The summed E-state index contributed by atoms with van der Waals surface area (Å²) in [5.41, 5.74) is 3.36. The summed E-state index contributed by atoms with van der Waals surface area (Å²) in [4.78, 5) is 25.7. The zero-order chi connectivity index (χ0) is 18.0. The number of unbranched alkanes of at least 4 members (excludes halogenated alkanes) is 1. The summed E-state index contributed by atoms with van der Waals surface area (Å²) in [6.07, 6.45) is 1.51. The number of ketones is 1. The second kappa shape index (κ2) is 7.28. The van der Waals surface area contributed by atoms with E-state index in [9.17, 15) is 9.59 Å². The SMILES string of the molecule is Cc1ccc(OCCCCN2C(=O)C(=O)c3cccc(Cl)c32)cc1C. The van der Waals surface area contributed by atoms with E-state index in [1.807, 2.05) is 18.2 Å². The van der Waals surface area contributed by atoms with Gasteiger partial charge in [-0.3, -0.25) is 9.59 Å². The standard InChI is InChI=1S/C20H20ClNO3/c1-13-8-9-15(12-14(13)2)25-11-4-3-10-22-18-16(19(23)20(22)24)6-5-7-17(18)21/h5-9,12H,3-4,10-11H2,1-2H3. The van der Waals surface area contributed by atoms with Gasteiger partial charge in [-0.1, -0.05) is 23.7 Å². The first-order chi connectivity index (χ1) is 12.0. The third-order valence-corrected chi connectivity index (χ3v) is 4.77. The maximum Gasteiger partial charge on any atom is 0.299 e. The average Bonchev–Trinajstić information content (AvgIpc) is 2.84. The van der Waals surface area contributed by atoms with Gasteiger partial charge in [0.1, 0.15) is 5.75 Å². The molecule has 3 rings (SSSR count). The Morgan fingerprint density at radius 3 is 2.60 bits per heavy atom. The van der Waals surface area contributed by atoms with Gasteiger partial charge in [-0.05, 0) is 62.1 Å². The Hall–Kier alpha value is -2.33. The number of carbonyl (C=O) groups excluding carboxylic acids is 2. The number of fused-ring (bicyclic) bond motifs is 1. The van der Waals surface area contributed by atoms with Gasteiger partial charge >= 0.3 is 0 Å². The van der Waals surface area contributed by atoms with Gasteiger partial charge in [-0.2, -0.15) is 0 Å². The summed E-state index contributed by atoms with van der Waals surface area (Å²) in [7, 11) is 0. The number of aryl methyl sites for hydroxylation is 2. The normalized spacial score (nSPS) is 13.3. The van der Waals surface area contributed by atoms with Crippen molar-refractivity contribution in [2.75, 3.05) is 18.1 Å². The van der Waals surface area contributed by atoms with Crippen LogP contribution in [0.15, 0.2) is 36.4 Å². The van der Waals surface area contributed by atoms with E-state index in [4.69, 9.17) is 16.3 Å².